The third-order valence-electron chi connectivity index (χ3n) is 3.57. The molecule has 1 N–H and O–H groups in total. The fraction of sp³-hybridized carbons (Fsp3) is 0.312. The topological polar surface area (TPSA) is 67.4 Å². The van der Waals surface area contributed by atoms with E-state index in [0.717, 1.165) is 0 Å². The Morgan fingerprint density at radius 1 is 1.25 bits per heavy atom. The van der Waals surface area contributed by atoms with Crippen molar-refractivity contribution < 1.29 is 9.53 Å². The van der Waals surface area contributed by atoms with Gasteiger partial charge < -0.3 is 15.0 Å². The molecule has 0 radical (unpaired) electrons. The molecule has 1 aliphatic rings. The van der Waals surface area contributed by atoms with Crippen molar-refractivity contribution in [1.82, 2.24) is 14.9 Å². The Morgan fingerprint density at radius 2 is 2.00 bits per heavy atom. The number of rotatable bonds is 3. The Hall–Kier alpha value is -1.89. The van der Waals surface area contributed by atoms with Gasteiger partial charge in [-0.3, -0.25) is 4.79 Å². The number of benzene rings is 1. The summed E-state index contributed by atoms with van der Waals surface area (Å²) in [6.07, 6.45) is 0. The minimum atomic E-state index is -0.135. The van der Waals surface area contributed by atoms with Gasteiger partial charge in [-0.15, -0.1) is 0 Å². The van der Waals surface area contributed by atoms with Gasteiger partial charge in [-0.1, -0.05) is 29.3 Å². The van der Waals surface area contributed by atoms with Gasteiger partial charge in [0.1, 0.15) is 17.3 Å². The normalized spacial score (nSPS) is 14.5. The molecule has 0 spiro atoms. The zero-order valence-corrected chi connectivity index (χ0v) is 14.6. The highest BCUT2D eigenvalue weighted by Crippen LogP contribution is 2.31. The number of morpholine rings is 1. The summed E-state index contributed by atoms with van der Waals surface area (Å²) in [6.45, 7) is 3.94. The lowest BCUT2D eigenvalue weighted by Gasteiger charge is -2.26. The summed E-state index contributed by atoms with van der Waals surface area (Å²) < 4.78 is 5.27. The quantitative estimate of drug-likeness (QED) is 0.902. The molecule has 1 saturated heterocycles. The molecule has 1 fully saturated rings. The van der Waals surface area contributed by atoms with Crippen molar-refractivity contribution in [2.45, 2.75) is 6.92 Å². The van der Waals surface area contributed by atoms with Crippen LogP contribution in [-0.4, -0.2) is 47.1 Å². The van der Waals surface area contributed by atoms with Gasteiger partial charge in [-0.2, -0.15) is 0 Å². The summed E-state index contributed by atoms with van der Waals surface area (Å²) >= 11 is 12.2. The van der Waals surface area contributed by atoms with Gasteiger partial charge in [0, 0.05) is 19.2 Å². The number of amides is 1. The number of nitrogens with zero attached hydrogens (tertiary/aromatic N) is 3. The molecule has 1 aromatic carbocycles. The van der Waals surface area contributed by atoms with Crippen LogP contribution in [0.15, 0.2) is 24.3 Å². The Labute approximate surface area is 149 Å². The third-order valence-corrected chi connectivity index (χ3v) is 4.39. The number of halogens is 2. The van der Waals surface area contributed by atoms with Crippen LogP contribution in [0.25, 0.3) is 0 Å². The molecule has 0 aliphatic carbocycles. The molecule has 0 unspecified atom stereocenters. The van der Waals surface area contributed by atoms with Gasteiger partial charge in [-0.25, -0.2) is 9.97 Å². The van der Waals surface area contributed by atoms with Gasteiger partial charge in [0.25, 0.3) is 5.91 Å². The summed E-state index contributed by atoms with van der Waals surface area (Å²) in [5, 5.41) is 3.93. The number of hydrogen-bond acceptors (Lipinski definition) is 5. The summed E-state index contributed by atoms with van der Waals surface area (Å²) in [4.78, 5) is 22.9. The summed E-state index contributed by atoms with van der Waals surface area (Å²) in [5.41, 5.74) is 0.956. The molecule has 1 aliphatic heterocycles. The van der Waals surface area contributed by atoms with E-state index in [1.165, 1.54) is 0 Å². The van der Waals surface area contributed by atoms with Gasteiger partial charge in [0.15, 0.2) is 0 Å². The highest BCUT2D eigenvalue weighted by molar-refractivity contribution is 6.43. The minimum absolute atomic E-state index is 0.135. The predicted octanol–water partition coefficient (Wildman–Crippen LogP) is 3.31. The fourth-order valence-corrected chi connectivity index (χ4v) is 2.76. The zero-order valence-electron chi connectivity index (χ0n) is 13.1. The summed E-state index contributed by atoms with van der Waals surface area (Å²) in [7, 11) is 0. The lowest BCUT2D eigenvalue weighted by molar-refractivity contribution is 0.0299. The third kappa shape index (κ3) is 3.77. The van der Waals surface area contributed by atoms with Crippen LogP contribution in [0.4, 0.5) is 11.5 Å². The average Bonchev–Trinajstić information content (AvgIpc) is 2.58. The smallest absolute Gasteiger partial charge is 0.272 e. The van der Waals surface area contributed by atoms with E-state index >= 15 is 0 Å². The zero-order chi connectivity index (χ0) is 17.1. The van der Waals surface area contributed by atoms with Crippen LogP contribution < -0.4 is 5.32 Å². The standard InChI is InChI=1S/C16H16Cl2N4O2/c1-10-19-13(16(23)22-5-7-24-8-6-22)9-14(20-10)21-12-4-2-3-11(17)15(12)18/h2-4,9H,5-8H2,1H3,(H,19,20,21). The molecular formula is C16H16Cl2N4O2. The van der Waals surface area contributed by atoms with Crippen molar-refractivity contribution in [2.24, 2.45) is 0 Å². The monoisotopic (exact) mass is 366 g/mol. The lowest BCUT2D eigenvalue weighted by atomic mass is 10.3. The highest BCUT2D eigenvalue weighted by Gasteiger charge is 2.21. The molecule has 8 heteroatoms. The number of nitrogens with one attached hydrogen (secondary N) is 1. The molecule has 3 rings (SSSR count). The summed E-state index contributed by atoms with van der Waals surface area (Å²) in [6, 6.07) is 6.88. The molecule has 1 aromatic heterocycles. The number of ether oxygens (including phenoxy) is 1. The Morgan fingerprint density at radius 3 is 2.75 bits per heavy atom. The Balaban J connectivity index is 1.86. The minimum Gasteiger partial charge on any atom is -0.378 e. The van der Waals surface area contributed by atoms with Crippen molar-refractivity contribution >= 4 is 40.6 Å². The van der Waals surface area contributed by atoms with Gasteiger partial charge >= 0.3 is 0 Å². The molecule has 0 saturated carbocycles. The maximum Gasteiger partial charge on any atom is 0.272 e. The summed E-state index contributed by atoms with van der Waals surface area (Å²) in [5.74, 6) is 0.849. The van der Waals surface area contributed by atoms with E-state index in [1.807, 2.05) is 0 Å². The van der Waals surface area contributed by atoms with Gasteiger partial charge in [0.2, 0.25) is 0 Å². The molecule has 0 atom stereocenters. The second-order valence-corrected chi connectivity index (χ2v) is 6.10. The average molecular weight is 367 g/mol. The van der Waals surface area contributed by atoms with Crippen molar-refractivity contribution in [1.29, 1.82) is 0 Å². The van der Waals surface area contributed by atoms with Crippen LogP contribution in [-0.2, 0) is 4.74 Å². The number of carbonyl (C=O) groups is 1. The first-order chi connectivity index (χ1) is 11.5. The fourth-order valence-electron chi connectivity index (χ4n) is 2.41. The van der Waals surface area contributed by atoms with Crippen LogP contribution in [0, 0.1) is 6.92 Å². The van der Waals surface area contributed by atoms with E-state index in [9.17, 15) is 4.79 Å². The van der Waals surface area contributed by atoms with Crippen LogP contribution in [0.5, 0.6) is 0 Å². The highest BCUT2D eigenvalue weighted by atomic mass is 35.5. The molecular weight excluding hydrogens is 351 g/mol. The SMILES string of the molecule is Cc1nc(Nc2cccc(Cl)c2Cl)cc(C(=O)N2CCOCC2)n1. The number of hydrogen-bond donors (Lipinski definition) is 1. The van der Waals surface area contributed by atoms with Crippen LogP contribution in [0.1, 0.15) is 16.3 Å². The van der Waals surface area contributed by atoms with Crippen LogP contribution in [0.2, 0.25) is 10.0 Å². The molecule has 2 aromatic rings. The van der Waals surface area contributed by atoms with E-state index in [4.69, 9.17) is 27.9 Å². The second kappa shape index (κ2) is 7.34. The lowest BCUT2D eigenvalue weighted by Crippen LogP contribution is -2.41. The van der Waals surface area contributed by atoms with Crippen molar-refractivity contribution in [2.75, 3.05) is 31.6 Å². The molecule has 0 bridgehead atoms. The first-order valence-corrected chi connectivity index (χ1v) is 8.24. The first-order valence-electron chi connectivity index (χ1n) is 7.48. The number of anilines is 2. The van der Waals surface area contributed by atoms with E-state index in [-0.39, 0.29) is 5.91 Å². The number of carbonyl (C=O) groups excluding carboxylic acids is 1. The van der Waals surface area contributed by atoms with Crippen molar-refractivity contribution in [3.05, 3.63) is 45.8 Å². The second-order valence-electron chi connectivity index (χ2n) is 5.32. The van der Waals surface area contributed by atoms with Crippen molar-refractivity contribution in [3.63, 3.8) is 0 Å². The maximum atomic E-state index is 12.6. The van der Waals surface area contributed by atoms with Gasteiger partial charge in [-0.05, 0) is 19.1 Å². The van der Waals surface area contributed by atoms with E-state index in [1.54, 1.807) is 36.1 Å². The Kier molecular flexibility index (Phi) is 5.18. The predicted molar refractivity (Wildman–Crippen MR) is 93.2 cm³/mol. The number of aromatic nitrogens is 2. The van der Waals surface area contributed by atoms with Crippen LogP contribution >= 0.6 is 23.2 Å². The van der Waals surface area contributed by atoms with Crippen LogP contribution in [0.3, 0.4) is 0 Å². The Bertz CT molecular complexity index is 764. The maximum absolute atomic E-state index is 12.6. The largest absolute Gasteiger partial charge is 0.378 e. The molecule has 1 amide bonds. The number of aryl methyl sites for hydroxylation is 1. The van der Waals surface area contributed by atoms with Gasteiger partial charge in [0.05, 0.1) is 28.9 Å². The first kappa shape index (κ1) is 17.0. The molecule has 6 nitrogen and oxygen atoms in total. The van der Waals surface area contributed by atoms with E-state index in [0.29, 0.717) is 59.4 Å². The van der Waals surface area contributed by atoms with E-state index < -0.39 is 0 Å². The molecule has 24 heavy (non-hydrogen) atoms. The molecule has 126 valence electrons. The van der Waals surface area contributed by atoms with Crippen molar-refractivity contribution in [3.8, 4) is 0 Å². The molecule has 2 heterocycles. The van der Waals surface area contributed by atoms with E-state index in [2.05, 4.69) is 15.3 Å².